The number of para-hydroxylation sites is 2. The van der Waals surface area contributed by atoms with Crippen LogP contribution in [0.25, 0.3) is 5.57 Å². The first kappa shape index (κ1) is 16.3. The monoisotopic (exact) mass is 322 g/mol. The fraction of sp³-hybridized carbons (Fsp3) is 0.250. The molecule has 0 aromatic heterocycles. The predicted octanol–water partition coefficient (Wildman–Crippen LogP) is 3.42. The molecule has 2 aromatic rings. The molecule has 3 rings (SSSR count). The van der Waals surface area contributed by atoms with Gasteiger partial charge in [0.1, 0.15) is 5.75 Å². The van der Waals surface area contributed by atoms with Gasteiger partial charge in [-0.25, -0.2) is 0 Å². The molecule has 1 aliphatic heterocycles. The van der Waals surface area contributed by atoms with Crippen LogP contribution in [0.5, 0.6) is 5.75 Å². The summed E-state index contributed by atoms with van der Waals surface area (Å²) in [4.78, 5) is 14.4. The smallest absolute Gasteiger partial charge is 0.238 e. The van der Waals surface area contributed by atoms with E-state index in [0.29, 0.717) is 18.0 Å². The molecule has 1 amide bonds. The van der Waals surface area contributed by atoms with E-state index in [1.165, 1.54) is 11.1 Å². The van der Waals surface area contributed by atoms with Crippen molar-refractivity contribution in [3.05, 3.63) is 66.2 Å². The minimum atomic E-state index is -0.0175. The van der Waals surface area contributed by atoms with Gasteiger partial charge in [0.2, 0.25) is 5.91 Å². The quantitative estimate of drug-likeness (QED) is 0.917. The van der Waals surface area contributed by atoms with Crippen LogP contribution in [0.3, 0.4) is 0 Å². The Balaban J connectivity index is 1.56. The highest BCUT2D eigenvalue weighted by atomic mass is 16.5. The van der Waals surface area contributed by atoms with Crippen molar-refractivity contribution in [2.75, 3.05) is 32.1 Å². The summed E-state index contributed by atoms with van der Waals surface area (Å²) in [5, 5.41) is 2.93. The van der Waals surface area contributed by atoms with Crippen molar-refractivity contribution in [3.8, 4) is 5.75 Å². The molecule has 0 spiro atoms. The number of methoxy groups -OCH3 is 1. The molecule has 1 aliphatic rings. The van der Waals surface area contributed by atoms with Gasteiger partial charge in [0.25, 0.3) is 0 Å². The van der Waals surface area contributed by atoms with Gasteiger partial charge in [0, 0.05) is 13.1 Å². The molecule has 24 heavy (non-hydrogen) atoms. The Labute approximate surface area is 142 Å². The van der Waals surface area contributed by atoms with E-state index in [0.717, 1.165) is 19.5 Å². The third-order valence-corrected chi connectivity index (χ3v) is 4.19. The molecule has 2 aromatic carbocycles. The van der Waals surface area contributed by atoms with Gasteiger partial charge in [-0.1, -0.05) is 48.5 Å². The Hall–Kier alpha value is -2.59. The van der Waals surface area contributed by atoms with Crippen molar-refractivity contribution in [2.24, 2.45) is 0 Å². The largest absolute Gasteiger partial charge is 0.495 e. The Morgan fingerprint density at radius 3 is 2.58 bits per heavy atom. The molecule has 124 valence electrons. The Bertz CT molecular complexity index is 725. The van der Waals surface area contributed by atoms with Crippen LogP contribution in [0.4, 0.5) is 5.69 Å². The SMILES string of the molecule is COc1ccccc1NC(=O)CN1CC=C(c2ccccc2)CC1. The number of hydrogen-bond acceptors (Lipinski definition) is 3. The van der Waals surface area contributed by atoms with E-state index in [1.54, 1.807) is 7.11 Å². The van der Waals surface area contributed by atoms with E-state index in [-0.39, 0.29) is 5.91 Å². The zero-order valence-corrected chi connectivity index (χ0v) is 13.9. The molecule has 0 radical (unpaired) electrons. The molecular formula is C20H22N2O2. The fourth-order valence-electron chi connectivity index (χ4n) is 2.91. The molecule has 0 atom stereocenters. The zero-order valence-electron chi connectivity index (χ0n) is 13.9. The summed E-state index contributed by atoms with van der Waals surface area (Å²) in [7, 11) is 1.60. The van der Waals surface area contributed by atoms with Crippen LogP contribution >= 0.6 is 0 Å². The Kier molecular flexibility index (Phi) is 5.29. The van der Waals surface area contributed by atoms with Crippen molar-refractivity contribution >= 4 is 17.2 Å². The van der Waals surface area contributed by atoms with Crippen LogP contribution in [0, 0.1) is 0 Å². The number of amides is 1. The van der Waals surface area contributed by atoms with Gasteiger partial charge in [-0.3, -0.25) is 9.69 Å². The van der Waals surface area contributed by atoms with E-state index in [1.807, 2.05) is 30.3 Å². The highest BCUT2D eigenvalue weighted by Crippen LogP contribution is 2.24. The molecule has 0 saturated heterocycles. The maximum Gasteiger partial charge on any atom is 0.238 e. The molecule has 0 fully saturated rings. The number of rotatable bonds is 5. The van der Waals surface area contributed by atoms with Crippen molar-refractivity contribution in [1.82, 2.24) is 4.90 Å². The molecule has 1 N–H and O–H groups in total. The van der Waals surface area contributed by atoms with Gasteiger partial charge in [-0.05, 0) is 29.7 Å². The summed E-state index contributed by atoms with van der Waals surface area (Å²) in [6.45, 7) is 2.07. The van der Waals surface area contributed by atoms with Crippen molar-refractivity contribution in [2.45, 2.75) is 6.42 Å². The first-order chi connectivity index (χ1) is 11.8. The molecule has 1 heterocycles. The summed E-state index contributed by atoms with van der Waals surface area (Å²) in [5.41, 5.74) is 3.34. The third-order valence-electron chi connectivity index (χ3n) is 4.19. The normalized spacial score (nSPS) is 14.8. The zero-order chi connectivity index (χ0) is 16.8. The molecule has 4 heteroatoms. The number of nitrogens with one attached hydrogen (secondary N) is 1. The summed E-state index contributed by atoms with van der Waals surface area (Å²) in [6, 6.07) is 17.9. The second-order valence-corrected chi connectivity index (χ2v) is 5.83. The van der Waals surface area contributed by atoms with Crippen LogP contribution in [0.2, 0.25) is 0 Å². The lowest BCUT2D eigenvalue weighted by Crippen LogP contribution is -2.36. The van der Waals surface area contributed by atoms with Crippen molar-refractivity contribution in [3.63, 3.8) is 0 Å². The highest BCUT2D eigenvalue weighted by molar-refractivity contribution is 5.93. The van der Waals surface area contributed by atoms with E-state index >= 15 is 0 Å². The van der Waals surface area contributed by atoms with Crippen molar-refractivity contribution < 1.29 is 9.53 Å². The lowest BCUT2D eigenvalue weighted by Gasteiger charge is -2.26. The van der Waals surface area contributed by atoms with Gasteiger partial charge in [0.05, 0.1) is 19.3 Å². The van der Waals surface area contributed by atoms with E-state index in [9.17, 15) is 4.79 Å². The summed E-state index contributed by atoms with van der Waals surface area (Å²) in [6.07, 6.45) is 3.18. The number of anilines is 1. The van der Waals surface area contributed by atoms with Gasteiger partial charge in [0.15, 0.2) is 0 Å². The number of hydrogen-bond donors (Lipinski definition) is 1. The van der Waals surface area contributed by atoms with Crippen molar-refractivity contribution in [1.29, 1.82) is 0 Å². The maximum absolute atomic E-state index is 12.3. The second kappa shape index (κ2) is 7.79. The summed E-state index contributed by atoms with van der Waals surface area (Å²) >= 11 is 0. The van der Waals surface area contributed by atoms with Crippen LogP contribution in [-0.2, 0) is 4.79 Å². The van der Waals surface area contributed by atoms with E-state index in [2.05, 4.69) is 40.6 Å². The molecule has 0 aliphatic carbocycles. The lowest BCUT2D eigenvalue weighted by atomic mass is 10.00. The van der Waals surface area contributed by atoms with Gasteiger partial charge < -0.3 is 10.1 Å². The molecule has 0 bridgehead atoms. The molecule has 4 nitrogen and oxygen atoms in total. The number of benzene rings is 2. The molecule has 0 saturated carbocycles. The van der Waals surface area contributed by atoms with Gasteiger partial charge in [-0.15, -0.1) is 0 Å². The Morgan fingerprint density at radius 2 is 1.88 bits per heavy atom. The minimum Gasteiger partial charge on any atom is -0.495 e. The number of ether oxygens (including phenoxy) is 1. The van der Waals surface area contributed by atoms with Crippen LogP contribution in [0.1, 0.15) is 12.0 Å². The van der Waals surface area contributed by atoms with E-state index < -0.39 is 0 Å². The third kappa shape index (κ3) is 4.03. The average molecular weight is 322 g/mol. The summed E-state index contributed by atoms with van der Waals surface area (Å²) < 4.78 is 5.26. The molecule has 0 unspecified atom stereocenters. The first-order valence-corrected chi connectivity index (χ1v) is 8.16. The highest BCUT2D eigenvalue weighted by Gasteiger charge is 2.16. The summed E-state index contributed by atoms with van der Waals surface area (Å²) in [5.74, 6) is 0.659. The fourth-order valence-corrected chi connectivity index (χ4v) is 2.91. The predicted molar refractivity (Wildman–Crippen MR) is 97.1 cm³/mol. The number of carbonyl (C=O) groups is 1. The van der Waals surface area contributed by atoms with Gasteiger partial charge >= 0.3 is 0 Å². The Morgan fingerprint density at radius 1 is 1.12 bits per heavy atom. The minimum absolute atomic E-state index is 0.0175. The van der Waals surface area contributed by atoms with Crippen LogP contribution in [-0.4, -0.2) is 37.6 Å². The molecular weight excluding hydrogens is 300 g/mol. The topological polar surface area (TPSA) is 41.6 Å². The number of carbonyl (C=O) groups excluding carboxylic acids is 1. The average Bonchev–Trinajstić information content (AvgIpc) is 2.63. The number of nitrogens with zero attached hydrogens (tertiary/aromatic N) is 1. The lowest BCUT2D eigenvalue weighted by molar-refractivity contribution is -0.117. The maximum atomic E-state index is 12.3. The van der Waals surface area contributed by atoms with Crippen LogP contribution in [0.15, 0.2) is 60.7 Å². The van der Waals surface area contributed by atoms with E-state index in [4.69, 9.17) is 4.74 Å². The standard InChI is InChI=1S/C20H22N2O2/c1-24-19-10-6-5-9-18(19)21-20(23)15-22-13-11-17(12-14-22)16-7-3-2-4-8-16/h2-11H,12-15H2,1H3,(H,21,23). The second-order valence-electron chi connectivity index (χ2n) is 5.83. The van der Waals surface area contributed by atoms with Crippen LogP contribution < -0.4 is 10.1 Å². The first-order valence-electron chi connectivity index (χ1n) is 8.16. The van der Waals surface area contributed by atoms with Gasteiger partial charge in [-0.2, -0.15) is 0 Å².